The quantitative estimate of drug-likeness (QED) is 0.164. The summed E-state index contributed by atoms with van der Waals surface area (Å²) in [5, 5.41) is 0. The van der Waals surface area contributed by atoms with Crippen molar-refractivity contribution in [3.8, 4) is 0 Å². The van der Waals surface area contributed by atoms with Crippen LogP contribution in [0.25, 0.3) is 0 Å². The minimum atomic E-state index is -0.177. The maximum Gasteiger partial charge on any atom is 0.330 e. The molecule has 0 radical (unpaired) electrons. The summed E-state index contributed by atoms with van der Waals surface area (Å²) in [6.07, 6.45) is 22.8. The lowest BCUT2D eigenvalue weighted by Gasteiger charge is -2.03. The summed E-state index contributed by atoms with van der Waals surface area (Å²) in [5.41, 5.74) is 0. The lowest BCUT2D eigenvalue weighted by atomic mass is 10.1. The van der Waals surface area contributed by atoms with Crippen LogP contribution in [0.15, 0.2) is 12.2 Å². The monoisotopic (exact) mass is 324 g/mol. The van der Waals surface area contributed by atoms with Crippen molar-refractivity contribution in [2.75, 3.05) is 6.61 Å². The van der Waals surface area contributed by atoms with Gasteiger partial charge in [0.1, 0.15) is 0 Å². The molecular weight excluding hydrogens is 284 g/mol. The Bertz CT molecular complexity index is 271. The summed E-state index contributed by atoms with van der Waals surface area (Å²) in [5.74, 6) is -0.177. The van der Waals surface area contributed by atoms with E-state index in [4.69, 9.17) is 4.74 Å². The molecule has 0 fully saturated rings. The van der Waals surface area contributed by atoms with Crippen LogP contribution >= 0.6 is 0 Å². The predicted octanol–water partition coefficient (Wildman–Crippen LogP) is 6.98. The van der Waals surface area contributed by atoms with E-state index in [-0.39, 0.29) is 5.97 Å². The van der Waals surface area contributed by atoms with Gasteiger partial charge in [0, 0.05) is 6.08 Å². The first kappa shape index (κ1) is 22.2. The van der Waals surface area contributed by atoms with E-state index < -0.39 is 0 Å². The normalized spacial score (nSPS) is 11.2. The van der Waals surface area contributed by atoms with Gasteiger partial charge in [-0.2, -0.15) is 0 Å². The van der Waals surface area contributed by atoms with Crippen LogP contribution in [0.1, 0.15) is 110 Å². The van der Waals surface area contributed by atoms with Gasteiger partial charge in [0.15, 0.2) is 0 Å². The fraction of sp³-hybridized carbons (Fsp3) is 0.857. The highest BCUT2D eigenvalue weighted by molar-refractivity contribution is 5.81. The van der Waals surface area contributed by atoms with Crippen LogP contribution < -0.4 is 0 Å². The number of esters is 1. The van der Waals surface area contributed by atoms with Crippen molar-refractivity contribution in [3.63, 3.8) is 0 Å². The Morgan fingerprint density at radius 2 is 1.17 bits per heavy atom. The summed E-state index contributed by atoms with van der Waals surface area (Å²) in [6.45, 7) is 5.00. The molecule has 0 aromatic rings. The molecule has 136 valence electrons. The van der Waals surface area contributed by atoms with Crippen molar-refractivity contribution in [2.24, 2.45) is 0 Å². The van der Waals surface area contributed by atoms with E-state index in [2.05, 4.69) is 13.8 Å². The zero-order valence-electron chi connectivity index (χ0n) is 15.8. The zero-order chi connectivity index (χ0) is 17.0. The Morgan fingerprint density at radius 3 is 1.70 bits per heavy atom. The Balaban J connectivity index is 3.15. The summed E-state index contributed by atoms with van der Waals surface area (Å²) < 4.78 is 5.19. The minimum Gasteiger partial charge on any atom is -0.463 e. The number of carbonyl (C=O) groups excluding carboxylic acids is 1. The first-order chi connectivity index (χ1) is 11.3. The van der Waals surface area contributed by atoms with E-state index in [1.165, 1.54) is 70.6 Å². The second kappa shape index (κ2) is 19.3. The van der Waals surface area contributed by atoms with Crippen molar-refractivity contribution in [2.45, 2.75) is 110 Å². The Hall–Kier alpha value is -0.790. The molecule has 0 rings (SSSR count). The molecule has 0 aromatic carbocycles. The summed E-state index contributed by atoms with van der Waals surface area (Å²) in [4.78, 5) is 11.4. The molecule has 0 spiro atoms. The lowest BCUT2D eigenvalue weighted by Crippen LogP contribution is -2.02. The first-order valence-electron chi connectivity index (χ1n) is 10.1. The fourth-order valence-electron chi connectivity index (χ4n) is 2.67. The Kier molecular flexibility index (Phi) is 18.6. The van der Waals surface area contributed by atoms with Crippen molar-refractivity contribution < 1.29 is 9.53 Å². The number of rotatable bonds is 17. The van der Waals surface area contributed by atoms with Crippen LogP contribution in [0.3, 0.4) is 0 Å². The molecule has 0 atom stereocenters. The molecule has 0 aromatic heterocycles. The molecule has 0 N–H and O–H groups in total. The number of carbonyl (C=O) groups is 1. The molecular formula is C21H40O2. The maximum atomic E-state index is 11.4. The molecule has 2 nitrogen and oxygen atoms in total. The first-order valence-corrected chi connectivity index (χ1v) is 10.1. The molecule has 0 saturated carbocycles. The van der Waals surface area contributed by atoms with Gasteiger partial charge in [0.05, 0.1) is 6.61 Å². The zero-order valence-corrected chi connectivity index (χ0v) is 15.8. The van der Waals surface area contributed by atoms with Gasteiger partial charge in [0.25, 0.3) is 0 Å². The average Bonchev–Trinajstić information content (AvgIpc) is 2.56. The SMILES string of the molecule is CCCC/C=C/C(=O)OCCCCCCCCCCCCCC. The van der Waals surface area contributed by atoms with E-state index in [1.807, 2.05) is 6.08 Å². The highest BCUT2D eigenvalue weighted by atomic mass is 16.5. The third-order valence-electron chi connectivity index (χ3n) is 4.22. The van der Waals surface area contributed by atoms with E-state index in [0.717, 1.165) is 25.7 Å². The molecule has 0 aliphatic carbocycles. The number of ether oxygens (including phenoxy) is 1. The molecule has 23 heavy (non-hydrogen) atoms. The van der Waals surface area contributed by atoms with Crippen LogP contribution in [-0.2, 0) is 9.53 Å². The highest BCUT2D eigenvalue weighted by Gasteiger charge is 1.97. The van der Waals surface area contributed by atoms with Crippen LogP contribution in [0.2, 0.25) is 0 Å². The third kappa shape index (κ3) is 19.2. The molecule has 0 amide bonds. The summed E-state index contributed by atoms with van der Waals surface area (Å²) in [6, 6.07) is 0. The van der Waals surface area contributed by atoms with Gasteiger partial charge in [-0.05, 0) is 12.8 Å². The van der Waals surface area contributed by atoms with Crippen molar-refractivity contribution in [1.29, 1.82) is 0 Å². The highest BCUT2D eigenvalue weighted by Crippen LogP contribution is 2.11. The van der Waals surface area contributed by atoms with Gasteiger partial charge in [-0.1, -0.05) is 103 Å². The number of hydrogen-bond acceptors (Lipinski definition) is 2. The van der Waals surface area contributed by atoms with Gasteiger partial charge in [-0.3, -0.25) is 0 Å². The molecule has 2 heteroatoms. The number of unbranched alkanes of at least 4 members (excludes halogenated alkanes) is 13. The standard InChI is InChI=1S/C21H40O2/c1-3-5-7-9-10-11-12-13-14-15-16-18-20-23-21(22)19-17-8-6-4-2/h17,19H,3-16,18,20H2,1-2H3/b19-17+. The average molecular weight is 325 g/mol. The molecule has 0 bridgehead atoms. The van der Waals surface area contributed by atoms with E-state index in [0.29, 0.717) is 6.61 Å². The topological polar surface area (TPSA) is 26.3 Å². The molecule has 0 aliphatic rings. The summed E-state index contributed by atoms with van der Waals surface area (Å²) >= 11 is 0. The van der Waals surface area contributed by atoms with Gasteiger partial charge in [-0.15, -0.1) is 0 Å². The van der Waals surface area contributed by atoms with E-state index in [9.17, 15) is 4.79 Å². The molecule has 0 aliphatic heterocycles. The molecule has 0 heterocycles. The maximum absolute atomic E-state index is 11.4. The number of hydrogen-bond donors (Lipinski definition) is 0. The van der Waals surface area contributed by atoms with Gasteiger partial charge in [-0.25, -0.2) is 4.79 Å². The van der Waals surface area contributed by atoms with Gasteiger partial charge < -0.3 is 4.74 Å². The van der Waals surface area contributed by atoms with Gasteiger partial charge in [0.2, 0.25) is 0 Å². The largest absolute Gasteiger partial charge is 0.463 e. The molecule has 0 unspecified atom stereocenters. The second-order valence-electron chi connectivity index (χ2n) is 6.60. The molecule has 0 saturated heterocycles. The fourth-order valence-corrected chi connectivity index (χ4v) is 2.67. The van der Waals surface area contributed by atoms with Crippen LogP contribution in [-0.4, -0.2) is 12.6 Å². The third-order valence-corrected chi connectivity index (χ3v) is 4.22. The number of allylic oxidation sites excluding steroid dienone is 1. The predicted molar refractivity (Wildman–Crippen MR) is 101 cm³/mol. The Labute approximate surface area is 145 Å². The van der Waals surface area contributed by atoms with E-state index >= 15 is 0 Å². The van der Waals surface area contributed by atoms with Crippen LogP contribution in [0.5, 0.6) is 0 Å². The Morgan fingerprint density at radius 1 is 0.696 bits per heavy atom. The lowest BCUT2D eigenvalue weighted by molar-refractivity contribution is -0.137. The van der Waals surface area contributed by atoms with Crippen molar-refractivity contribution >= 4 is 5.97 Å². The van der Waals surface area contributed by atoms with Crippen molar-refractivity contribution in [3.05, 3.63) is 12.2 Å². The van der Waals surface area contributed by atoms with Crippen LogP contribution in [0, 0.1) is 0 Å². The van der Waals surface area contributed by atoms with Crippen LogP contribution in [0.4, 0.5) is 0 Å². The van der Waals surface area contributed by atoms with Gasteiger partial charge >= 0.3 is 5.97 Å². The van der Waals surface area contributed by atoms with Crippen molar-refractivity contribution in [1.82, 2.24) is 0 Å². The minimum absolute atomic E-state index is 0.177. The van der Waals surface area contributed by atoms with E-state index in [1.54, 1.807) is 6.08 Å². The summed E-state index contributed by atoms with van der Waals surface area (Å²) in [7, 11) is 0. The smallest absolute Gasteiger partial charge is 0.330 e. The second-order valence-corrected chi connectivity index (χ2v) is 6.60.